The highest BCUT2D eigenvalue weighted by atomic mass is 19.1. The predicted molar refractivity (Wildman–Crippen MR) is 128 cm³/mol. The summed E-state index contributed by atoms with van der Waals surface area (Å²) in [7, 11) is 0. The van der Waals surface area contributed by atoms with Crippen molar-refractivity contribution < 1.29 is 19.1 Å². The van der Waals surface area contributed by atoms with Crippen LogP contribution >= 0.6 is 0 Å². The first kappa shape index (κ1) is 24.7. The van der Waals surface area contributed by atoms with Gasteiger partial charge in [-0.25, -0.2) is 19.0 Å². The number of urea groups is 1. The fourth-order valence-electron chi connectivity index (χ4n) is 3.93. The lowest BCUT2D eigenvalue weighted by molar-refractivity contribution is 0.0719. The Morgan fingerprint density at radius 1 is 1.21 bits per heavy atom. The van der Waals surface area contributed by atoms with E-state index in [2.05, 4.69) is 15.6 Å². The van der Waals surface area contributed by atoms with E-state index in [4.69, 9.17) is 0 Å². The van der Waals surface area contributed by atoms with Crippen molar-refractivity contribution in [2.24, 2.45) is 0 Å². The van der Waals surface area contributed by atoms with Crippen LogP contribution in [0.5, 0.6) is 0 Å². The minimum Gasteiger partial charge on any atom is -0.465 e. The molecule has 180 valence electrons. The van der Waals surface area contributed by atoms with Crippen molar-refractivity contribution >= 4 is 28.7 Å². The van der Waals surface area contributed by atoms with Crippen molar-refractivity contribution in [1.82, 2.24) is 19.8 Å². The van der Waals surface area contributed by atoms with Gasteiger partial charge in [0.1, 0.15) is 17.2 Å². The van der Waals surface area contributed by atoms with Crippen LogP contribution in [0.1, 0.15) is 46.5 Å². The lowest BCUT2D eigenvalue weighted by Crippen LogP contribution is -2.47. The molecule has 0 spiro atoms. The lowest BCUT2D eigenvalue weighted by atomic mass is 10.0. The monoisotopic (exact) mass is 469 g/mol. The van der Waals surface area contributed by atoms with E-state index >= 15 is 0 Å². The van der Waals surface area contributed by atoms with Crippen LogP contribution in [0.25, 0.3) is 16.6 Å². The topological polar surface area (TPSA) is 117 Å². The Labute approximate surface area is 196 Å². The van der Waals surface area contributed by atoms with Crippen molar-refractivity contribution in [2.75, 3.05) is 11.9 Å². The molecule has 3 rings (SSSR count). The highest BCUT2D eigenvalue weighted by Crippen LogP contribution is 2.29. The van der Waals surface area contributed by atoms with Gasteiger partial charge in [0.2, 0.25) is 0 Å². The van der Waals surface area contributed by atoms with Gasteiger partial charge in [0.15, 0.2) is 0 Å². The number of carboxylic acid groups (broad SMARTS) is 1. The zero-order valence-electron chi connectivity index (χ0n) is 19.7. The normalized spacial score (nSPS) is 12.3. The predicted octanol–water partition coefficient (Wildman–Crippen LogP) is 4.51. The first-order valence-corrected chi connectivity index (χ1v) is 10.8. The highest BCUT2D eigenvalue weighted by Gasteiger charge is 2.34. The molecule has 1 atom stereocenters. The van der Waals surface area contributed by atoms with Gasteiger partial charge in [0.05, 0.1) is 17.1 Å². The van der Waals surface area contributed by atoms with E-state index in [1.807, 2.05) is 0 Å². The Kier molecular flexibility index (Phi) is 6.90. The van der Waals surface area contributed by atoms with E-state index < -0.39 is 35.1 Å². The maximum atomic E-state index is 14.6. The molecular weight excluding hydrogens is 441 g/mol. The molecule has 1 unspecified atom stereocenters. The molecule has 0 aliphatic carbocycles. The fraction of sp³-hybridized carbons (Fsp3) is 0.333. The molecule has 9 nitrogen and oxygen atoms in total. The number of hydrogen-bond acceptors (Lipinski definition) is 4. The lowest BCUT2D eigenvalue weighted by Gasteiger charge is -2.38. The Morgan fingerprint density at radius 3 is 2.50 bits per heavy atom. The van der Waals surface area contributed by atoms with E-state index in [0.717, 1.165) is 4.90 Å². The molecule has 1 aromatic heterocycles. The summed E-state index contributed by atoms with van der Waals surface area (Å²) < 4.78 is 15.9. The SMILES string of the molecule is CCNC(=O)Nc1cccc(-n2c(C(C)N(C(=O)O)C(C)(C)C)nc3c(F)cccc3c2=O)c1. The molecule has 10 heteroatoms. The van der Waals surface area contributed by atoms with E-state index in [1.165, 1.54) is 22.8 Å². The summed E-state index contributed by atoms with van der Waals surface area (Å²) in [4.78, 5) is 43.3. The van der Waals surface area contributed by atoms with Gasteiger partial charge in [-0.05, 0) is 65.0 Å². The minimum absolute atomic E-state index is 0.0510. The average Bonchev–Trinajstić information content (AvgIpc) is 2.73. The number of benzene rings is 2. The maximum Gasteiger partial charge on any atom is 0.408 e. The van der Waals surface area contributed by atoms with Crippen LogP contribution in [-0.2, 0) is 0 Å². The van der Waals surface area contributed by atoms with Crippen LogP contribution in [0.2, 0.25) is 0 Å². The van der Waals surface area contributed by atoms with Crippen LogP contribution in [-0.4, -0.2) is 43.8 Å². The number of carbonyl (C=O) groups excluding carboxylic acids is 1. The summed E-state index contributed by atoms with van der Waals surface area (Å²) in [6.07, 6.45) is -1.21. The van der Waals surface area contributed by atoms with E-state index in [9.17, 15) is 23.9 Å². The molecule has 3 amide bonds. The molecule has 0 fully saturated rings. The minimum atomic E-state index is -1.21. The first-order chi connectivity index (χ1) is 16.0. The molecule has 3 aromatic rings. The molecule has 0 saturated carbocycles. The number of aromatic nitrogens is 2. The van der Waals surface area contributed by atoms with Gasteiger partial charge < -0.3 is 15.7 Å². The summed E-state index contributed by atoms with van der Waals surface area (Å²) in [6, 6.07) is 9.26. The molecular formula is C24H28FN5O4. The smallest absolute Gasteiger partial charge is 0.408 e. The second-order valence-electron chi connectivity index (χ2n) is 8.78. The number of anilines is 1. The van der Waals surface area contributed by atoms with Crippen molar-refractivity contribution in [3.8, 4) is 5.69 Å². The van der Waals surface area contributed by atoms with Crippen LogP contribution < -0.4 is 16.2 Å². The van der Waals surface area contributed by atoms with Crippen molar-refractivity contribution in [2.45, 2.75) is 46.2 Å². The van der Waals surface area contributed by atoms with Crippen LogP contribution in [0.3, 0.4) is 0 Å². The van der Waals surface area contributed by atoms with E-state index in [1.54, 1.807) is 58.9 Å². The number of amides is 3. The summed E-state index contributed by atoms with van der Waals surface area (Å²) >= 11 is 0. The third-order valence-corrected chi connectivity index (χ3v) is 5.27. The number of rotatable bonds is 5. The Bertz CT molecular complexity index is 1300. The number of nitrogens with zero attached hydrogens (tertiary/aromatic N) is 3. The number of fused-ring (bicyclic) bond motifs is 1. The quantitative estimate of drug-likeness (QED) is 0.509. The van der Waals surface area contributed by atoms with Gasteiger partial charge in [-0.15, -0.1) is 0 Å². The Balaban J connectivity index is 2.30. The molecule has 34 heavy (non-hydrogen) atoms. The van der Waals surface area contributed by atoms with Crippen molar-refractivity contribution in [3.63, 3.8) is 0 Å². The molecule has 2 aromatic carbocycles. The summed E-state index contributed by atoms with van der Waals surface area (Å²) in [6.45, 7) is 8.98. The summed E-state index contributed by atoms with van der Waals surface area (Å²) in [5.74, 6) is -0.630. The Morgan fingerprint density at radius 2 is 1.88 bits per heavy atom. The molecule has 0 radical (unpaired) electrons. The molecule has 0 aliphatic heterocycles. The Hall–Kier alpha value is -3.95. The number of halogens is 1. The van der Waals surface area contributed by atoms with Crippen LogP contribution in [0.15, 0.2) is 47.3 Å². The van der Waals surface area contributed by atoms with Crippen LogP contribution in [0, 0.1) is 5.82 Å². The second-order valence-corrected chi connectivity index (χ2v) is 8.78. The van der Waals surface area contributed by atoms with Crippen molar-refractivity contribution in [3.05, 3.63) is 64.5 Å². The number of nitrogens with one attached hydrogen (secondary N) is 2. The number of carbonyl (C=O) groups is 2. The molecule has 0 aliphatic rings. The highest BCUT2D eigenvalue weighted by molar-refractivity contribution is 5.89. The molecule has 3 N–H and O–H groups in total. The van der Waals surface area contributed by atoms with Gasteiger partial charge in [0, 0.05) is 17.8 Å². The van der Waals surface area contributed by atoms with Gasteiger partial charge in [0.25, 0.3) is 5.56 Å². The third kappa shape index (κ3) is 4.85. The summed E-state index contributed by atoms with van der Waals surface area (Å²) in [5.41, 5.74) is -0.764. The first-order valence-electron chi connectivity index (χ1n) is 10.8. The third-order valence-electron chi connectivity index (χ3n) is 5.27. The summed E-state index contributed by atoms with van der Waals surface area (Å²) in [5, 5.41) is 15.3. The van der Waals surface area contributed by atoms with Gasteiger partial charge in [-0.2, -0.15) is 0 Å². The maximum absolute atomic E-state index is 14.6. The second kappa shape index (κ2) is 9.50. The largest absolute Gasteiger partial charge is 0.465 e. The zero-order chi connectivity index (χ0) is 25.2. The van der Waals surface area contributed by atoms with Gasteiger partial charge in [-0.3, -0.25) is 14.3 Å². The van der Waals surface area contributed by atoms with E-state index in [-0.39, 0.29) is 16.7 Å². The van der Waals surface area contributed by atoms with Gasteiger partial charge in [-0.1, -0.05) is 12.1 Å². The molecule has 0 saturated heterocycles. The zero-order valence-corrected chi connectivity index (χ0v) is 19.7. The number of hydrogen-bond donors (Lipinski definition) is 3. The van der Waals surface area contributed by atoms with E-state index in [0.29, 0.717) is 17.9 Å². The molecule has 1 heterocycles. The van der Waals surface area contributed by atoms with Crippen LogP contribution in [0.4, 0.5) is 19.7 Å². The fourth-order valence-corrected chi connectivity index (χ4v) is 3.93. The van der Waals surface area contributed by atoms with Crippen molar-refractivity contribution in [1.29, 1.82) is 0 Å². The standard InChI is InChI=1S/C24H28FN5O4/c1-6-26-22(32)27-15-9-7-10-16(13-15)29-20(14(2)30(23(33)34)24(3,4)5)28-19-17(21(29)31)11-8-12-18(19)25/h7-14H,6H2,1-5H3,(H,33,34)(H2,26,27,32). The average molecular weight is 470 g/mol. The molecule has 0 bridgehead atoms. The number of para-hydroxylation sites is 1. The van der Waals surface area contributed by atoms with Gasteiger partial charge >= 0.3 is 12.1 Å².